The Morgan fingerprint density at radius 1 is 0.641 bits per heavy atom. The summed E-state index contributed by atoms with van der Waals surface area (Å²) in [5, 5.41) is 4.29. The number of hydrogen-bond donors (Lipinski definition) is 0. The van der Waals surface area contributed by atoms with Crippen molar-refractivity contribution in [3.8, 4) is 0 Å². The van der Waals surface area contributed by atoms with Gasteiger partial charge in [-0.2, -0.15) is 0 Å². The lowest BCUT2D eigenvalue weighted by Gasteiger charge is -2.10. The normalized spacial score (nSPS) is 10.4. The van der Waals surface area contributed by atoms with E-state index in [1.165, 1.54) is 21.9 Å². The molecule has 0 fully saturated rings. The van der Waals surface area contributed by atoms with Crippen molar-refractivity contribution in [2.24, 2.45) is 0 Å². The first kappa shape index (κ1) is 29.1. The Hall–Kier alpha value is -4.51. The molecule has 0 bridgehead atoms. The lowest BCUT2D eigenvalue weighted by Crippen LogP contribution is -2.08. The molecule has 0 saturated carbocycles. The number of carbonyl (C=O) groups excluding carboxylic acids is 3. The largest absolute Gasteiger partial charge is 0.462 e. The summed E-state index contributed by atoms with van der Waals surface area (Å²) >= 11 is 0. The molecule has 0 amide bonds. The molecule has 0 heterocycles. The third kappa shape index (κ3) is 7.51. The van der Waals surface area contributed by atoms with Crippen LogP contribution < -0.4 is 0 Å². The summed E-state index contributed by atoms with van der Waals surface area (Å²) in [7, 11) is 0. The van der Waals surface area contributed by atoms with Crippen LogP contribution in [0.4, 0.5) is 0 Å². The number of carbonyl (C=O) groups is 3. The van der Waals surface area contributed by atoms with Gasteiger partial charge in [0.1, 0.15) is 6.61 Å². The number of rotatable bonds is 8. The number of ketones is 1. The van der Waals surface area contributed by atoms with Gasteiger partial charge in [-0.15, -0.1) is 0 Å². The molecule has 0 aromatic heterocycles. The number of hydrogen-bond acceptors (Lipinski definition) is 5. The summed E-state index contributed by atoms with van der Waals surface area (Å²) in [6, 6.07) is 23.7. The van der Waals surface area contributed by atoms with Crippen molar-refractivity contribution in [2.45, 2.75) is 40.7 Å². The summed E-state index contributed by atoms with van der Waals surface area (Å²) in [6.45, 7) is 14.6. The Morgan fingerprint density at radius 2 is 1.15 bits per heavy atom. The maximum absolute atomic E-state index is 11.6. The molecule has 0 N–H and O–H groups in total. The minimum absolute atomic E-state index is 0.0201. The molecule has 0 aliphatic heterocycles. The molecule has 0 saturated heterocycles. The van der Waals surface area contributed by atoms with E-state index in [0.29, 0.717) is 23.3 Å². The third-order valence-electron chi connectivity index (χ3n) is 6.28. The zero-order chi connectivity index (χ0) is 28.5. The molecule has 0 aliphatic rings. The first-order chi connectivity index (χ1) is 18.6. The summed E-state index contributed by atoms with van der Waals surface area (Å²) < 4.78 is 10.3. The van der Waals surface area contributed by atoms with Crippen LogP contribution in [0.5, 0.6) is 0 Å². The van der Waals surface area contributed by atoms with E-state index in [2.05, 4.69) is 50.4 Å². The molecule has 4 rings (SSSR count). The molecule has 0 unspecified atom stereocenters. The molecule has 0 atom stereocenters. The summed E-state index contributed by atoms with van der Waals surface area (Å²) in [5.74, 6) is -0.715. The van der Waals surface area contributed by atoms with Crippen molar-refractivity contribution in [3.63, 3.8) is 0 Å². The molecule has 4 aromatic rings. The highest BCUT2D eigenvalue weighted by Crippen LogP contribution is 2.24. The van der Waals surface area contributed by atoms with Crippen molar-refractivity contribution in [2.75, 3.05) is 6.61 Å². The van der Waals surface area contributed by atoms with Crippen molar-refractivity contribution in [1.82, 2.24) is 0 Å². The fourth-order valence-electron chi connectivity index (χ4n) is 4.20. The maximum Gasteiger partial charge on any atom is 0.333 e. The van der Waals surface area contributed by atoms with Gasteiger partial charge in [0.25, 0.3) is 0 Å². The SMILES string of the molecule is C=C(C)C(=O)OCCc1cccc2c(C)cccc12.C=C(C)C(=O)OCc1cccc2c(C(C)=O)cccc12. The Balaban J connectivity index is 0.000000216. The number of fused-ring (bicyclic) bond motifs is 2. The molecule has 5 nitrogen and oxygen atoms in total. The molecule has 4 aromatic carbocycles. The van der Waals surface area contributed by atoms with E-state index in [9.17, 15) is 14.4 Å². The van der Waals surface area contributed by atoms with Crippen LogP contribution in [0.15, 0.2) is 97.1 Å². The van der Waals surface area contributed by atoms with Crippen molar-refractivity contribution in [1.29, 1.82) is 0 Å². The summed E-state index contributed by atoms with van der Waals surface area (Å²) in [5.41, 5.74) is 4.83. The van der Waals surface area contributed by atoms with Gasteiger partial charge < -0.3 is 9.47 Å². The predicted octanol–water partition coefficient (Wildman–Crippen LogP) is 7.47. The van der Waals surface area contributed by atoms with Gasteiger partial charge in [-0.05, 0) is 65.9 Å². The zero-order valence-electron chi connectivity index (χ0n) is 23.0. The van der Waals surface area contributed by atoms with Crippen LogP contribution in [0, 0.1) is 6.92 Å². The second-order valence-corrected chi connectivity index (χ2v) is 9.48. The minimum Gasteiger partial charge on any atom is -0.462 e. The van der Waals surface area contributed by atoms with Crippen LogP contribution in [0.1, 0.15) is 47.8 Å². The Bertz CT molecular complexity index is 1560. The Labute approximate surface area is 229 Å². The van der Waals surface area contributed by atoms with Gasteiger partial charge in [-0.25, -0.2) is 9.59 Å². The number of benzene rings is 4. The standard InChI is InChI=1S/C17H16O3.C17H18O2/c1-11(2)17(19)20-10-13-6-4-9-16-14(12(3)18)7-5-8-15(13)16;1-12(2)17(18)19-11-10-14-7-5-8-15-13(3)6-4-9-16(14)15/h4-9H,1,10H2,2-3H3;4-9H,1,10-11H2,2-3H3. The van der Waals surface area contributed by atoms with Crippen LogP contribution in [0.25, 0.3) is 21.5 Å². The van der Waals surface area contributed by atoms with E-state index in [-0.39, 0.29) is 18.4 Å². The van der Waals surface area contributed by atoms with E-state index >= 15 is 0 Å². The highest BCUT2D eigenvalue weighted by Gasteiger charge is 2.10. The van der Waals surface area contributed by atoms with E-state index in [0.717, 1.165) is 22.8 Å². The number of ether oxygens (including phenoxy) is 2. The minimum atomic E-state index is -0.412. The number of esters is 2. The van der Waals surface area contributed by atoms with Crippen LogP contribution >= 0.6 is 0 Å². The van der Waals surface area contributed by atoms with Crippen LogP contribution in [0.3, 0.4) is 0 Å². The maximum atomic E-state index is 11.6. The van der Waals surface area contributed by atoms with Crippen LogP contribution in [-0.4, -0.2) is 24.3 Å². The monoisotopic (exact) mass is 522 g/mol. The van der Waals surface area contributed by atoms with Gasteiger partial charge in [0.15, 0.2) is 5.78 Å². The van der Waals surface area contributed by atoms with Gasteiger partial charge >= 0.3 is 11.9 Å². The van der Waals surface area contributed by atoms with E-state index in [1.54, 1.807) is 26.8 Å². The highest BCUT2D eigenvalue weighted by atomic mass is 16.5. The molecule has 5 heteroatoms. The molecular formula is C34H34O5. The second-order valence-electron chi connectivity index (χ2n) is 9.48. The summed E-state index contributed by atoms with van der Waals surface area (Å²) in [6.07, 6.45) is 0.722. The zero-order valence-corrected chi connectivity index (χ0v) is 23.0. The highest BCUT2D eigenvalue weighted by molar-refractivity contribution is 6.07. The number of Topliss-reactive ketones (excluding diaryl/α,β-unsaturated/α-hetero) is 1. The first-order valence-electron chi connectivity index (χ1n) is 12.7. The van der Waals surface area contributed by atoms with Gasteiger partial charge in [-0.1, -0.05) is 86.0 Å². The molecule has 0 radical (unpaired) electrons. The van der Waals surface area contributed by atoms with Crippen LogP contribution in [0.2, 0.25) is 0 Å². The van der Waals surface area contributed by atoms with Crippen molar-refractivity contribution < 1.29 is 23.9 Å². The fourth-order valence-corrected chi connectivity index (χ4v) is 4.20. The topological polar surface area (TPSA) is 69.7 Å². The molecule has 0 aliphatic carbocycles. The summed E-state index contributed by atoms with van der Waals surface area (Å²) in [4.78, 5) is 34.4. The Morgan fingerprint density at radius 3 is 1.79 bits per heavy atom. The average Bonchev–Trinajstić information content (AvgIpc) is 2.91. The molecule has 0 spiro atoms. The molecule has 200 valence electrons. The van der Waals surface area contributed by atoms with Gasteiger partial charge in [0.2, 0.25) is 0 Å². The van der Waals surface area contributed by atoms with Crippen LogP contribution in [-0.2, 0) is 32.1 Å². The lowest BCUT2D eigenvalue weighted by atomic mass is 9.98. The van der Waals surface area contributed by atoms with Crippen molar-refractivity contribution >= 4 is 39.3 Å². The first-order valence-corrected chi connectivity index (χ1v) is 12.7. The average molecular weight is 523 g/mol. The third-order valence-corrected chi connectivity index (χ3v) is 6.28. The predicted molar refractivity (Wildman–Crippen MR) is 157 cm³/mol. The van der Waals surface area contributed by atoms with Gasteiger partial charge in [0, 0.05) is 23.1 Å². The lowest BCUT2D eigenvalue weighted by molar-refractivity contribution is -0.140. The number of aryl methyl sites for hydroxylation is 1. The smallest absolute Gasteiger partial charge is 0.333 e. The quantitative estimate of drug-likeness (QED) is 0.136. The van der Waals surface area contributed by atoms with Gasteiger partial charge in [0.05, 0.1) is 6.61 Å². The molecule has 39 heavy (non-hydrogen) atoms. The van der Waals surface area contributed by atoms with E-state index in [1.807, 2.05) is 36.4 Å². The second kappa shape index (κ2) is 13.3. The van der Waals surface area contributed by atoms with Crippen molar-refractivity contribution in [3.05, 3.63) is 119 Å². The molecular weight excluding hydrogens is 488 g/mol. The van der Waals surface area contributed by atoms with E-state index < -0.39 is 5.97 Å². The van der Waals surface area contributed by atoms with Gasteiger partial charge in [-0.3, -0.25) is 4.79 Å². The Kier molecular flexibility index (Phi) is 9.93. The fraction of sp³-hybridized carbons (Fsp3) is 0.206. The van der Waals surface area contributed by atoms with E-state index in [4.69, 9.17) is 9.47 Å².